The van der Waals surface area contributed by atoms with Gasteiger partial charge in [0.05, 0.1) is 12.7 Å². The molecule has 3 aromatic rings. The Morgan fingerprint density at radius 3 is 2.65 bits per heavy atom. The van der Waals surface area contributed by atoms with Crippen molar-refractivity contribution in [2.45, 2.75) is 51.3 Å². The SMILES string of the molecule is CCOC(=O)COc1ccc2c(c1)CC(N(Cc1ccccc1)CC(O)c1cccc(Cl)c1)CCC2.Cl. The molecule has 2 unspecified atom stereocenters. The molecule has 5 nitrogen and oxygen atoms in total. The third-order valence-electron chi connectivity index (χ3n) is 6.66. The number of aryl methyl sites for hydroxylation is 1. The Balaban J connectivity index is 0.00000380. The van der Waals surface area contributed by atoms with Crippen molar-refractivity contribution in [3.05, 3.63) is 100 Å². The topological polar surface area (TPSA) is 59.0 Å². The summed E-state index contributed by atoms with van der Waals surface area (Å²) in [5.41, 5.74) is 4.58. The fraction of sp³-hybridized carbons (Fsp3) is 0.367. The van der Waals surface area contributed by atoms with Crippen molar-refractivity contribution in [2.75, 3.05) is 19.8 Å². The number of ether oxygens (including phenoxy) is 2. The highest BCUT2D eigenvalue weighted by molar-refractivity contribution is 6.30. The maximum absolute atomic E-state index is 11.7. The second-order valence-corrected chi connectivity index (χ2v) is 9.70. The van der Waals surface area contributed by atoms with E-state index in [4.69, 9.17) is 21.1 Å². The highest BCUT2D eigenvalue weighted by Gasteiger charge is 2.26. The zero-order chi connectivity index (χ0) is 25.3. The Bertz CT molecular complexity index is 1140. The van der Waals surface area contributed by atoms with Gasteiger partial charge in [-0.15, -0.1) is 12.4 Å². The lowest BCUT2D eigenvalue weighted by molar-refractivity contribution is -0.145. The van der Waals surface area contributed by atoms with E-state index in [1.54, 1.807) is 6.92 Å². The molecule has 3 aromatic carbocycles. The van der Waals surface area contributed by atoms with Crippen LogP contribution < -0.4 is 4.74 Å². The summed E-state index contributed by atoms with van der Waals surface area (Å²) in [5.74, 6) is 0.311. The molecule has 4 rings (SSSR count). The van der Waals surface area contributed by atoms with Crippen molar-refractivity contribution in [3.63, 3.8) is 0 Å². The average Bonchev–Trinajstić information content (AvgIpc) is 3.10. The minimum Gasteiger partial charge on any atom is -0.482 e. The second-order valence-electron chi connectivity index (χ2n) is 9.26. The van der Waals surface area contributed by atoms with Crippen LogP contribution in [-0.2, 0) is 28.9 Å². The number of rotatable bonds is 10. The molecule has 0 heterocycles. The van der Waals surface area contributed by atoms with Crippen molar-refractivity contribution in [1.82, 2.24) is 4.90 Å². The van der Waals surface area contributed by atoms with Crippen LogP contribution in [0.25, 0.3) is 0 Å². The molecule has 0 saturated heterocycles. The first-order chi connectivity index (χ1) is 17.5. The van der Waals surface area contributed by atoms with Crippen LogP contribution >= 0.6 is 24.0 Å². The van der Waals surface area contributed by atoms with E-state index in [1.165, 1.54) is 16.7 Å². The standard InChI is InChI=1S/C30H34ClNO4.ClH/c1-2-35-30(34)21-36-28-15-14-23-10-7-13-27(17-25(23)18-28)32(19-22-8-4-3-5-9-22)20-29(33)24-11-6-12-26(31)16-24;/h3-6,8-9,11-12,14-16,18,27,29,33H,2,7,10,13,17,19-21H2,1H3;1H. The molecular formula is C30H35Cl2NO4. The van der Waals surface area contributed by atoms with Gasteiger partial charge in [-0.05, 0) is 79.1 Å². The summed E-state index contributed by atoms with van der Waals surface area (Å²) in [5, 5.41) is 11.8. The molecule has 7 heteroatoms. The first-order valence-electron chi connectivity index (χ1n) is 12.6. The van der Waals surface area contributed by atoms with Crippen LogP contribution in [0.15, 0.2) is 72.8 Å². The Kier molecular flexibility index (Phi) is 11.3. The molecule has 0 fully saturated rings. The van der Waals surface area contributed by atoms with E-state index in [0.29, 0.717) is 23.9 Å². The molecule has 0 amide bonds. The number of esters is 1. The number of aliphatic hydroxyl groups excluding tert-OH is 1. The van der Waals surface area contributed by atoms with Crippen LogP contribution in [-0.4, -0.2) is 41.8 Å². The van der Waals surface area contributed by atoms with Gasteiger partial charge in [0.25, 0.3) is 0 Å². The molecule has 0 aliphatic heterocycles. The lowest BCUT2D eigenvalue weighted by Gasteiger charge is -2.33. The van der Waals surface area contributed by atoms with E-state index in [0.717, 1.165) is 37.8 Å². The van der Waals surface area contributed by atoms with Crippen molar-refractivity contribution in [1.29, 1.82) is 0 Å². The zero-order valence-corrected chi connectivity index (χ0v) is 22.7. The molecule has 0 saturated carbocycles. The molecule has 1 aliphatic carbocycles. The molecule has 198 valence electrons. The third kappa shape index (κ3) is 8.47. The Hall–Kier alpha value is -2.57. The van der Waals surface area contributed by atoms with Crippen molar-refractivity contribution in [3.8, 4) is 5.75 Å². The number of hydrogen-bond donors (Lipinski definition) is 1. The Morgan fingerprint density at radius 1 is 1.08 bits per heavy atom. The van der Waals surface area contributed by atoms with Gasteiger partial charge in [0.1, 0.15) is 5.75 Å². The monoisotopic (exact) mass is 543 g/mol. The number of benzene rings is 3. The number of carbonyl (C=O) groups excluding carboxylic acids is 1. The van der Waals surface area contributed by atoms with Crippen LogP contribution in [0.3, 0.4) is 0 Å². The normalized spacial score (nSPS) is 15.7. The van der Waals surface area contributed by atoms with Gasteiger partial charge in [0.2, 0.25) is 0 Å². The van der Waals surface area contributed by atoms with Crippen LogP contribution in [0.1, 0.15) is 48.1 Å². The summed E-state index contributed by atoms with van der Waals surface area (Å²) in [6.45, 7) is 3.28. The maximum atomic E-state index is 11.7. The number of fused-ring (bicyclic) bond motifs is 1. The van der Waals surface area contributed by atoms with Gasteiger partial charge >= 0.3 is 5.97 Å². The van der Waals surface area contributed by atoms with Crippen LogP contribution in [0.2, 0.25) is 5.02 Å². The lowest BCUT2D eigenvalue weighted by atomic mass is 9.99. The van der Waals surface area contributed by atoms with Gasteiger partial charge in [-0.25, -0.2) is 4.79 Å². The molecule has 2 atom stereocenters. The van der Waals surface area contributed by atoms with E-state index < -0.39 is 6.10 Å². The van der Waals surface area contributed by atoms with Gasteiger partial charge in [0.15, 0.2) is 6.61 Å². The lowest BCUT2D eigenvalue weighted by Crippen LogP contribution is -2.39. The maximum Gasteiger partial charge on any atom is 0.344 e. The van der Waals surface area contributed by atoms with Crippen molar-refractivity contribution >= 4 is 30.0 Å². The minimum atomic E-state index is -0.644. The van der Waals surface area contributed by atoms with E-state index in [-0.39, 0.29) is 31.0 Å². The van der Waals surface area contributed by atoms with Gasteiger partial charge < -0.3 is 14.6 Å². The third-order valence-corrected chi connectivity index (χ3v) is 6.90. The van der Waals surface area contributed by atoms with Crippen molar-refractivity contribution in [2.24, 2.45) is 0 Å². The van der Waals surface area contributed by atoms with E-state index in [2.05, 4.69) is 41.3 Å². The quantitative estimate of drug-likeness (QED) is 0.244. The summed E-state index contributed by atoms with van der Waals surface area (Å²) in [6, 6.07) is 24.2. The number of halogens is 2. The van der Waals surface area contributed by atoms with Crippen molar-refractivity contribution < 1.29 is 19.4 Å². The summed E-state index contributed by atoms with van der Waals surface area (Å²) >= 11 is 6.19. The first kappa shape index (κ1) is 29.0. The zero-order valence-electron chi connectivity index (χ0n) is 21.1. The fourth-order valence-corrected chi connectivity index (χ4v) is 5.07. The number of nitrogens with zero attached hydrogens (tertiary/aromatic N) is 1. The predicted molar refractivity (Wildman–Crippen MR) is 150 cm³/mol. The van der Waals surface area contributed by atoms with Gasteiger partial charge in [0, 0.05) is 24.2 Å². The Morgan fingerprint density at radius 2 is 1.89 bits per heavy atom. The smallest absolute Gasteiger partial charge is 0.344 e. The molecular weight excluding hydrogens is 509 g/mol. The fourth-order valence-electron chi connectivity index (χ4n) is 4.87. The Labute approximate surface area is 230 Å². The average molecular weight is 545 g/mol. The van der Waals surface area contributed by atoms with Crippen LogP contribution in [0.5, 0.6) is 5.75 Å². The van der Waals surface area contributed by atoms with E-state index in [9.17, 15) is 9.90 Å². The number of hydrogen-bond acceptors (Lipinski definition) is 5. The summed E-state index contributed by atoms with van der Waals surface area (Å²) < 4.78 is 10.7. The summed E-state index contributed by atoms with van der Waals surface area (Å²) in [4.78, 5) is 14.1. The summed E-state index contributed by atoms with van der Waals surface area (Å²) in [6.07, 6.45) is 3.30. The molecule has 0 bridgehead atoms. The largest absolute Gasteiger partial charge is 0.482 e. The van der Waals surface area contributed by atoms with Crippen LogP contribution in [0, 0.1) is 0 Å². The molecule has 1 aliphatic rings. The van der Waals surface area contributed by atoms with Gasteiger partial charge in [-0.3, -0.25) is 4.90 Å². The highest BCUT2D eigenvalue weighted by Crippen LogP contribution is 2.29. The van der Waals surface area contributed by atoms with Gasteiger partial charge in [-0.1, -0.05) is 60.1 Å². The molecule has 0 radical (unpaired) electrons. The second kappa shape index (κ2) is 14.4. The molecule has 1 N–H and O–H groups in total. The summed E-state index contributed by atoms with van der Waals surface area (Å²) in [7, 11) is 0. The van der Waals surface area contributed by atoms with E-state index >= 15 is 0 Å². The van der Waals surface area contributed by atoms with E-state index in [1.807, 2.05) is 36.4 Å². The number of carbonyl (C=O) groups is 1. The highest BCUT2D eigenvalue weighted by atomic mass is 35.5. The minimum absolute atomic E-state index is 0. The number of aliphatic hydroxyl groups is 1. The predicted octanol–water partition coefficient (Wildman–Crippen LogP) is 6.19. The first-order valence-corrected chi connectivity index (χ1v) is 13.0. The van der Waals surface area contributed by atoms with Crippen LogP contribution in [0.4, 0.5) is 0 Å². The molecule has 0 spiro atoms. The molecule has 0 aromatic heterocycles. The van der Waals surface area contributed by atoms with Gasteiger partial charge in [-0.2, -0.15) is 0 Å². The molecule has 37 heavy (non-hydrogen) atoms.